The maximum absolute atomic E-state index is 13.6. The lowest BCUT2D eigenvalue weighted by molar-refractivity contribution is -0.141. The lowest BCUT2D eigenvalue weighted by Crippen LogP contribution is -2.52. The highest BCUT2D eigenvalue weighted by atomic mass is 16.5. The smallest absolute Gasteiger partial charge is 0.246 e. The Kier molecular flexibility index (Phi) is 8.98. The van der Waals surface area contributed by atoms with Crippen LogP contribution in [0.2, 0.25) is 0 Å². The van der Waals surface area contributed by atoms with Gasteiger partial charge in [-0.15, -0.1) is 10.2 Å². The molecule has 11 heteroatoms. The zero-order valence-electron chi connectivity index (χ0n) is 22.5. The molecule has 0 saturated heterocycles. The number of tetrazole rings is 1. The number of benzene rings is 1. The Hall–Kier alpha value is -3.89. The number of carbonyl (C=O) groups is 2. The third-order valence-electron chi connectivity index (χ3n) is 6.87. The Bertz CT molecular complexity index is 1230. The summed E-state index contributed by atoms with van der Waals surface area (Å²) in [5.74, 6) is 2.36. The maximum Gasteiger partial charge on any atom is 0.246 e. The van der Waals surface area contributed by atoms with Crippen molar-refractivity contribution in [3.63, 3.8) is 0 Å². The van der Waals surface area contributed by atoms with Crippen LogP contribution in [0.5, 0.6) is 11.5 Å². The zero-order valence-corrected chi connectivity index (χ0v) is 22.5. The summed E-state index contributed by atoms with van der Waals surface area (Å²) in [7, 11) is 3.17. The average Bonchev–Trinajstić information content (AvgIpc) is 3.69. The van der Waals surface area contributed by atoms with Crippen molar-refractivity contribution in [2.45, 2.75) is 71.0 Å². The maximum atomic E-state index is 13.6. The predicted molar refractivity (Wildman–Crippen MR) is 140 cm³/mol. The van der Waals surface area contributed by atoms with Gasteiger partial charge in [0, 0.05) is 12.6 Å². The molecule has 1 aliphatic rings. The van der Waals surface area contributed by atoms with Crippen LogP contribution in [0.3, 0.4) is 0 Å². The van der Waals surface area contributed by atoms with E-state index in [0.29, 0.717) is 42.5 Å². The van der Waals surface area contributed by atoms with Gasteiger partial charge in [0.05, 0.1) is 14.2 Å². The highest BCUT2D eigenvalue weighted by Gasteiger charge is 2.31. The molecule has 2 aromatic heterocycles. The second-order valence-corrected chi connectivity index (χ2v) is 9.49. The Labute approximate surface area is 222 Å². The minimum atomic E-state index is -0.612. The van der Waals surface area contributed by atoms with E-state index in [2.05, 4.69) is 20.7 Å². The monoisotopic (exact) mass is 524 g/mol. The molecule has 0 aliphatic heterocycles. The second kappa shape index (κ2) is 12.6. The van der Waals surface area contributed by atoms with E-state index >= 15 is 0 Å². The molecule has 1 aliphatic carbocycles. The van der Waals surface area contributed by atoms with E-state index in [4.69, 9.17) is 13.9 Å². The van der Waals surface area contributed by atoms with E-state index in [1.807, 2.05) is 38.1 Å². The molecule has 1 aromatic carbocycles. The molecule has 11 nitrogen and oxygen atoms in total. The van der Waals surface area contributed by atoms with Gasteiger partial charge >= 0.3 is 0 Å². The number of nitrogens with one attached hydrogen (secondary N) is 1. The van der Waals surface area contributed by atoms with Crippen molar-refractivity contribution in [1.82, 2.24) is 30.4 Å². The van der Waals surface area contributed by atoms with E-state index in [0.717, 1.165) is 37.0 Å². The van der Waals surface area contributed by atoms with E-state index in [1.54, 1.807) is 25.2 Å². The lowest BCUT2D eigenvalue weighted by Gasteiger charge is -2.31. The van der Waals surface area contributed by atoms with Crippen LogP contribution < -0.4 is 14.8 Å². The van der Waals surface area contributed by atoms with E-state index < -0.39 is 6.04 Å². The molecule has 0 radical (unpaired) electrons. The Morgan fingerprint density at radius 1 is 1.16 bits per heavy atom. The number of ether oxygens (including phenoxy) is 2. The van der Waals surface area contributed by atoms with E-state index in [1.165, 1.54) is 4.80 Å². The summed E-state index contributed by atoms with van der Waals surface area (Å²) < 4.78 is 16.3. The van der Waals surface area contributed by atoms with Crippen LogP contribution in [0.15, 0.2) is 34.7 Å². The van der Waals surface area contributed by atoms with Crippen molar-refractivity contribution in [1.29, 1.82) is 0 Å². The Morgan fingerprint density at radius 3 is 2.58 bits per heavy atom. The molecular weight excluding hydrogens is 488 g/mol. The summed E-state index contributed by atoms with van der Waals surface area (Å²) in [6.45, 7) is 3.94. The SMILES string of the molecule is CC[C@@H](C(=O)NC1CCCC1)N(CCc1ccc(OC)c(OC)c1)C(=O)Cn1nnc(-c2ccc(C)o2)n1. The van der Waals surface area contributed by atoms with Crippen LogP contribution >= 0.6 is 0 Å². The minimum absolute atomic E-state index is 0.127. The standard InChI is InChI=1S/C27H36N6O5/c1-5-21(27(35)28-20-8-6-7-9-20)32(15-14-19-11-13-22(36-3)24(16-19)37-4)25(34)17-33-30-26(29-31-33)23-12-10-18(2)38-23/h10-13,16,20-21H,5-9,14-15,17H2,1-4H3,(H,28,35)/t21-/m0/s1. The topological polar surface area (TPSA) is 125 Å². The molecule has 204 valence electrons. The number of rotatable bonds is 12. The first-order valence-corrected chi connectivity index (χ1v) is 13.1. The van der Waals surface area contributed by atoms with Crippen molar-refractivity contribution >= 4 is 11.8 Å². The molecule has 3 aromatic rings. The van der Waals surface area contributed by atoms with Crippen LogP contribution in [0.1, 0.15) is 50.4 Å². The number of hydrogen-bond acceptors (Lipinski definition) is 8. The molecule has 1 fully saturated rings. The summed E-state index contributed by atoms with van der Waals surface area (Å²) in [5, 5.41) is 15.5. The molecule has 2 heterocycles. The van der Waals surface area contributed by atoms with Crippen LogP contribution in [-0.2, 0) is 22.6 Å². The molecule has 0 spiro atoms. The van der Waals surface area contributed by atoms with Gasteiger partial charge in [-0.05, 0) is 67.6 Å². The number of hydrogen-bond donors (Lipinski definition) is 1. The molecule has 1 atom stereocenters. The van der Waals surface area contributed by atoms with Gasteiger partial charge in [0.2, 0.25) is 17.6 Å². The molecule has 38 heavy (non-hydrogen) atoms. The van der Waals surface area contributed by atoms with Crippen LogP contribution in [0.25, 0.3) is 11.6 Å². The highest BCUT2D eigenvalue weighted by Crippen LogP contribution is 2.28. The number of furan rings is 1. The Morgan fingerprint density at radius 2 is 1.92 bits per heavy atom. The van der Waals surface area contributed by atoms with Gasteiger partial charge in [-0.1, -0.05) is 25.8 Å². The van der Waals surface area contributed by atoms with Crippen molar-refractivity contribution in [3.8, 4) is 23.1 Å². The fraction of sp³-hybridized carbons (Fsp3) is 0.519. The molecule has 0 unspecified atom stereocenters. The number of aromatic nitrogens is 4. The van der Waals surface area contributed by atoms with Crippen molar-refractivity contribution in [2.24, 2.45) is 0 Å². The molecular formula is C27H36N6O5. The quantitative estimate of drug-likeness (QED) is 0.383. The number of nitrogens with zero attached hydrogens (tertiary/aromatic N) is 5. The second-order valence-electron chi connectivity index (χ2n) is 9.49. The Balaban J connectivity index is 1.52. The normalized spacial score (nSPS) is 14.3. The van der Waals surface area contributed by atoms with Crippen molar-refractivity contribution in [2.75, 3.05) is 20.8 Å². The van der Waals surface area contributed by atoms with Gasteiger partial charge < -0.3 is 24.1 Å². The van der Waals surface area contributed by atoms with Gasteiger partial charge in [-0.2, -0.15) is 4.80 Å². The van der Waals surface area contributed by atoms with E-state index in [-0.39, 0.29) is 24.4 Å². The molecule has 4 rings (SSSR count). The molecule has 0 bridgehead atoms. The molecule has 2 amide bonds. The van der Waals surface area contributed by atoms with Gasteiger partial charge in [0.25, 0.3) is 0 Å². The molecule has 1 N–H and O–H groups in total. The van der Waals surface area contributed by atoms with Gasteiger partial charge in [0.15, 0.2) is 17.3 Å². The zero-order chi connectivity index (χ0) is 27.1. The fourth-order valence-electron chi connectivity index (χ4n) is 4.83. The van der Waals surface area contributed by atoms with Crippen LogP contribution in [-0.4, -0.2) is 69.8 Å². The first-order chi connectivity index (χ1) is 18.4. The number of methoxy groups -OCH3 is 2. The fourth-order valence-corrected chi connectivity index (χ4v) is 4.83. The summed E-state index contributed by atoms with van der Waals surface area (Å²) >= 11 is 0. The van der Waals surface area contributed by atoms with Crippen LogP contribution in [0.4, 0.5) is 0 Å². The highest BCUT2D eigenvalue weighted by molar-refractivity contribution is 5.87. The average molecular weight is 525 g/mol. The van der Waals surface area contributed by atoms with Gasteiger partial charge in [0.1, 0.15) is 18.3 Å². The van der Waals surface area contributed by atoms with Crippen molar-refractivity contribution < 1.29 is 23.5 Å². The summed E-state index contributed by atoms with van der Waals surface area (Å²) in [5.41, 5.74) is 0.959. The third-order valence-corrected chi connectivity index (χ3v) is 6.87. The number of amides is 2. The largest absolute Gasteiger partial charge is 0.493 e. The predicted octanol–water partition coefficient (Wildman–Crippen LogP) is 3.17. The van der Waals surface area contributed by atoms with E-state index in [9.17, 15) is 9.59 Å². The van der Waals surface area contributed by atoms with Crippen LogP contribution in [0, 0.1) is 6.92 Å². The minimum Gasteiger partial charge on any atom is -0.493 e. The summed E-state index contributed by atoms with van der Waals surface area (Å²) in [4.78, 5) is 29.8. The summed E-state index contributed by atoms with van der Waals surface area (Å²) in [6, 6.07) is 8.77. The first kappa shape index (κ1) is 27.2. The summed E-state index contributed by atoms with van der Waals surface area (Å²) in [6.07, 6.45) is 5.18. The number of carbonyl (C=O) groups excluding carboxylic acids is 2. The van der Waals surface area contributed by atoms with Crippen molar-refractivity contribution in [3.05, 3.63) is 41.7 Å². The third kappa shape index (κ3) is 6.51. The first-order valence-electron chi connectivity index (χ1n) is 13.1. The number of aryl methyl sites for hydroxylation is 1. The van der Waals surface area contributed by atoms with Gasteiger partial charge in [-0.25, -0.2) is 0 Å². The van der Waals surface area contributed by atoms with Gasteiger partial charge in [-0.3, -0.25) is 9.59 Å². The lowest BCUT2D eigenvalue weighted by atomic mass is 10.1. The molecule has 1 saturated carbocycles.